The first-order valence-corrected chi connectivity index (χ1v) is 3.88. The van der Waals surface area contributed by atoms with E-state index < -0.39 is 12.5 Å². The molecule has 0 saturated heterocycles. The minimum Gasteiger partial charge on any atom is -0.330 e. The van der Waals surface area contributed by atoms with E-state index in [0.717, 1.165) is 6.20 Å². The van der Waals surface area contributed by atoms with Crippen LogP contribution in [0.15, 0.2) is 12.5 Å². The van der Waals surface area contributed by atoms with E-state index in [0.29, 0.717) is 6.33 Å². The van der Waals surface area contributed by atoms with Crippen molar-refractivity contribution in [2.24, 2.45) is 5.73 Å². The van der Waals surface area contributed by atoms with Crippen LogP contribution in [0.4, 0.5) is 17.6 Å². The molecule has 7 heteroatoms. The highest BCUT2D eigenvalue weighted by atomic mass is 19.3. The van der Waals surface area contributed by atoms with Crippen LogP contribution in [0.5, 0.6) is 0 Å². The fourth-order valence-electron chi connectivity index (χ4n) is 0.916. The molecule has 3 nitrogen and oxygen atoms in total. The normalized spacial score (nSPS) is 12.4. The smallest absolute Gasteiger partial charge is 0.330 e. The van der Waals surface area contributed by atoms with Gasteiger partial charge in [0, 0.05) is 12.6 Å². The van der Waals surface area contributed by atoms with Gasteiger partial charge in [-0.05, 0) is 6.54 Å². The highest BCUT2D eigenvalue weighted by Crippen LogP contribution is 2.28. The highest BCUT2D eigenvalue weighted by molar-refractivity contribution is 4.99. The molecule has 0 bridgehead atoms. The molecule has 0 saturated carbocycles. The van der Waals surface area contributed by atoms with E-state index >= 15 is 0 Å². The lowest BCUT2D eigenvalue weighted by Gasteiger charge is -2.15. The number of rotatable bonds is 4. The predicted molar refractivity (Wildman–Crippen MR) is 41.2 cm³/mol. The monoisotopic (exact) mass is 211 g/mol. The van der Waals surface area contributed by atoms with Crippen LogP contribution in [0.2, 0.25) is 0 Å². The van der Waals surface area contributed by atoms with Gasteiger partial charge >= 0.3 is 12.5 Å². The Bertz CT molecular complexity index is 297. The molecule has 1 aromatic heterocycles. The van der Waals surface area contributed by atoms with Crippen molar-refractivity contribution in [2.45, 2.75) is 18.9 Å². The van der Waals surface area contributed by atoms with E-state index in [1.165, 1.54) is 0 Å². The summed E-state index contributed by atoms with van der Waals surface area (Å²) in [5.41, 5.74) is 5.42. The fraction of sp³-hybridized carbons (Fsp3) is 0.571. The largest absolute Gasteiger partial charge is 0.390 e. The molecule has 0 aromatic carbocycles. The zero-order valence-electron chi connectivity index (χ0n) is 7.13. The Labute approximate surface area is 77.5 Å². The van der Waals surface area contributed by atoms with Crippen LogP contribution in [-0.2, 0) is 12.5 Å². The van der Waals surface area contributed by atoms with Gasteiger partial charge in [0.2, 0.25) is 0 Å². The topological polar surface area (TPSA) is 43.8 Å². The number of hydrogen-bond donors (Lipinski definition) is 1. The number of imidazole rings is 1. The summed E-state index contributed by atoms with van der Waals surface area (Å²) in [6.07, 6.45) is -1.91. The third-order valence-electron chi connectivity index (χ3n) is 1.64. The van der Waals surface area contributed by atoms with Crippen molar-refractivity contribution >= 4 is 0 Å². The molecule has 0 atom stereocenters. The molecule has 0 aliphatic carbocycles. The van der Waals surface area contributed by atoms with Crippen molar-refractivity contribution in [1.82, 2.24) is 9.55 Å². The first kappa shape index (κ1) is 11.0. The van der Waals surface area contributed by atoms with Gasteiger partial charge in [0.1, 0.15) is 0 Å². The lowest BCUT2D eigenvalue weighted by Crippen LogP contribution is -2.30. The fourth-order valence-corrected chi connectivity index (χ4v) is 0.916. The van der Waals surface area contributed by atoms with Crippen molar-refractivity contribution in [3.63, 3.8) is 0 Å². The van der Waals surface area contributed by atoms with E-state index in [1.54, 1.807) is 0 Å². The third-order valence-corrected chi connectivity index (χ3v) is 1.64. The molecule has 0 radical (unpaired) electrons. The molecular weight excluding hydrogens is 202 g/mol. The lowest BCUT2D eigenvalue weighted by atomic mass is 10.3. The summed E-state index contributed by atoms with van der Waals surface area (Å²) in [6.45, 7) is 0.233. The van der Waals surface area contributed by atoms with E-state index in [2.05, 4.69) is 4.98 Å². The Morgan fingerprint density at radius 2 is 2.14 bits per heavy atom. The Hall–Kier alpha value is -1.11. The summed E-state index contributed by atoms with van der Waals surface area (Å²) in [6, 6.07) is -4.21. The number of alkyl halides is 4. The minimum atomic E-state index is -4.21. The lowest BCUT2D eigenvalue weighted by molar-refractivity contribution is -0.189. The van der Waals surface area contributed by atoms with Crippen LogP contribution in [0.25, 0.3) is 0 Å². The van der Waals surface area contributed by atoms with Gasteiger partial charge in [-0.2, -0.15) is 8.78 Å². The molecule has 80 valence electrons. The van der Waals surface area contributed by atoms with Gasteiger partial charge < -0.3 is 5.73 Å². The molecule has 1 aromatic rings. The molecular formula is C7H9F4N3. The van der Waals surface area contributed by atoms with Gasteiger partial charge in [0.25, 0.3) is 0 Å². The predicted octanol–water partition coefficient (Wildman–Crippen LogP) is 1.20. The molecule has 0 spiro atoms. The van der Waals surface area contributed by atoms with Crippen LogP contribution >= 0.6 is 0 Å². The maximum absolute atomic E-state index is 12.7. The van der Waals surface area contributed by atoms with Crippen molar-refractivity contribution < 1.29 is 17.6 Å². The molecule has 0 fully saturated rings. The van der Waals surface area contributed by atoms with Crippen molar-refractivity contribution in [2.75, 3.05) is 6.54 Å². The van der Waals surface area contributed by atoms with Crippen LogP contribution in [0, 0.1) is 0 Å². The molecule has 0 amide bonds. The Morgan fingerprint density at radius 1 is 1.50 bits per heavy atom. The van der Waals surface area contributed by atoms with Gasteiger partial charge in [-0.1, -0.05) is 0 Å². The summed E-state index contributed by atoms with van der Waals surface area (Å²) in [4.78, 5) is 3.52. The summed E-state index contributed by atoms with van der Waals surface area (Å²) >= 11 is 0. The van der Waals surface area contributed by atoms with Crippen molar-refractivity contribution in [1.29, 1.82) is 0 Å². The van der Waals surface area contributed by atoms with Crippen LogP contribution in [0.3, 0.4) is 0 Å². The molecule has 0 aliphatic rings. The highest BCUT2D eigenvalue weighted by Gasteiger charge is 2.42. The Kier molecular flexibility index (Phi) is 3.10. The van der Waals surface area contributed by atoms with Gasteiger partial charge in [0.15, 0.2) is 0 Å². The summed E-state index contributed by atoms with van der Waals surface area (Å²) < 4.78 is 49.2. The van der Waals surface area contributed by atoms with Crippen molar-refractivity contribution in [3.05, 3.63) is 18.2 Å². The number of nitrogens with zero attached hydrogens (tertiary/aromatic N) is 2. The van der Waals surface area contributed by atoms with Gasteiger partial charge in [-0.25, -0.2) is 13.8 Å². The van der Waals surface area contributed by atoms with Gasteiger partial charge in [-0.15, -0.1) is 0 Å². The molecule has 2 N–H and O–H groups in total. The van der Waals surface area contributed by atoms with E-state index in [-0.39, 0.29) is 23.2 Å². The summed E-state index contributed by atoms with van der Waals surface area (Å²) in [5, 5.41) is 0. The second-order valence-corrected chi connectivity index (χ2v) is 2.70. The van der Waals surface area contributed by atoms with Crippen LogP contribution in [0.1, 0.15) is 5.69 Å². The Balaban J connectivity index is 2.85. The second kappa shape index (κ2) is 3.95. The molecule has 1 heterocycles. The molecule has 0 aliphatic heterocycles. The summed E-state index contributed by atoms with van der Waals surface area (Å²) in [5.74, 6) is 0. The maximum Gasteiger partial charge on any atom is 0.390 e. The van der Waals surface area contributed by atoms with Gasteiger partial charge in [0.05, 0.1) is 12.0 Å². The first-order chi connectivity index (χ1) is 6.48. The van der Waals surface area contributed by atoms with Crippen LogP contribution < -0.4 is 5.73 Å². The number of aromatic nitrogens is 2. The third kappa shape index (κ3) is 2.03. The molecule has 0 unspecified atom stereocenters. The zero-order chi connectivity index (χ0) is 10.8. The number of nitrogens with two attached hydrogens (primary N) is 1. The molecule has 1 rings (SSSR count). The standard InChI is InChI=1S/C7H9F4N3/c8-6(9)7(10,11)14-3-5(1-2-12)13-4-14/h3-4,6H,1-2,12H2. The van der Waals surface area contributed by atoms with E-state index in [1.807, 2.05) is 0 Å². The number of halogens is 4. The van der Waals surface area contributed by atoms with E-state index in [4.69, 9.17) is 5.73 Å². The maximum atomic E-state index is 12.7. The van der Waals surface area contributed by atoms with E-state index in [9.17, 15) is 17.6 Å². The average Bonchev–Trinajstić information content (AvgIpc) is 2.53. The van der Waals surface area contributed by atoms with Crippen LogP contribution in [-0.4, -0.2) is 22.5 Å². The minimum absolute atomic E-state index is 0.0999. The SMILES string of the molecule is NCCc1cn(C(F)(F)C(F)F)cn1. The molecule has 14 heavy (non-hydrogen) atoms. The van der Waals surface area contributed by atoms with Crippen molar-refractivity contribution in [3.8, 4) is 0 Å². The Morgan fingerprint density at radius 3 is 2.64 bits per heavy atom. The quantitative estimate of drug-likeness (QED) is 0.760. The number of hydrogen-bond acceptors (Lipinski definition) is 2. The zero-order valence-corrected chi connectivity index (χ0v) is 7.13. The summed E-state index contributed by atoms with van der Waals surface area (Å²) in [7, 11) is 0. The van der Waals surface area contributed by atoms with Gasteiger partial charge in [-0.3, -0.25) is 4.57 Å². The average molecular weight is 211 g/mol. The second-order valence-electron chi connectivity index (χ2n) is 2.70. The first-order valence-electron chi connectivity index (χ1n) is 3.88.